The fourth-order valence-corrected chi connectivity index (χ4v) is 2.38. The SMILES string of the molecule is CS(=O)(=O)c1cnn(-c2cc(Br)ccc2C(=O)O)c1. The molecule has 0 aliphatic rings. The van der Waals surface area contributed by atoms with E-state index in [9.17, 15) is 13.2 Å². The van der Waals surface area contributed by atoms with Crippen LogP contribution in [0.4, 0.5) is 0 Å². The van der Waals surface area contributed by atoms with Crippen LogP contribution in [0.25, 0.3) is 5.69 Å². The summed E-state index contributed by atoms with van der Waals surface area (Å²) in [5.41, 5.74) is 0.322. The molecule has 100 valence electrons. The molecule has 19 heavy (non-hydrogen) atoms. The minimum absolute atomic E-state index is 0.0313. The van der Waals surface area contributed by atoms with E-state index < -0.39 is 15.8 Å². The summed E-state index contributed by atoms with van der Waals surface area (Å²) in [6, 6.07) is 4.57. The molecule has 2 aromatic rings. The van der Waals surface area contributed by atoms with E-state index in [0.29, 0.717) is 4.47 Å². The second-order valence-corrected chi connectivity index (χ2v) is 6.79. The van der Waals surface area contributed by atoms with Crippen molar-refractivity contribution < 1.29 is 18.3 Å². The largest absolute Gasteiger partial charge is 0.478 e. The van der Waals surface area contributed by atoms with Crippen molar-refractivity contribution in [2.75, 3.05) is 6.26 Å². The van der Waals surface area contributed by atoms with Gasteiger partial charge in [-0.25, -0.2) is 17.9 Å². The van der Waals surface area contributed by atoms with Crippen LogP contribution in [0.5, 0.6) is 0 Å². The normalized spacial score (nSPS) is 11.5. The molecule has 1 aromatic carbocycles. The maximum atomic E-state index is 11.4. The van der Waals surface area contributed by atoms with E-state index in [-0.39, 0.29) is 16.1 Å². The third kappa shape index (κ3) is 2.85. The summed E-state index contributed by atoms with van der Waals surface area (Å²) in [6.07, 6.45) is 3.53. The zero-order valence-corrected chi connectivity index (χ0v) is 12.1. The number of hydrogen-bond acceptors (Lipinski definition) is 4. The Bertz CT molecular complexity index is 752. The molecule has 0 unspecified atom stereocenters. The third-order valence-corrected chi connectivity index (χ3v) is 3.98. The number of hydrogen-bond donors (Lipinski definition) is 1. The lowest BCUT2D eigenvalue weighted by Gasteiger charge is -2.06. The number of carboxylic acid groups (broad SMARTS) is 1. The van der Waals surface area contributed by atoms with Crippen molar-refractivity contribution in [3.8, 4) is 5.69 Å². The number of carbonyl (C=O) groups is 1. The second kappa shape index (κ2) is 4.78. The molecule has 8 heteroatoms. The molecule has 0 aliphatic heterocycles. The highest BCUT2D eigenvalue weighted by molar-refractivity contribution is 9.10. The molecule has 0 amide bonds. The van der Waals surface area contributed by atoms with Gasteiger partial charge < -0.3 is 5.11 Å². The molecule has 0 bridgehead atoms. The first kappa shape index (κ1) is 13.8. The van der Waals surface area contributed by atoms with Gasteiger partial charge in [0.05, 0.1) is 17.4 Å². The van der Waals surface area contributed by atoms with Crippen molar-refractivity contribution in [2.24, 2.45) is 0 Å². The Hall–Kier alpha value is -1.67. The predicted molar refractivity (Wildman–Crippen MR) is 71.3 cm³/mol. The highest BCUT2D eigenvalue weighted by Gasteiger charge is 2.16. The number of aromatic nitrogens is 2. The van der Waals surface area contributed by atoms with Crippen LogP contribution < -0.4 is 0 Å². The zero-order chi connectivity index (χ0) is 14.2. The topological polar surface area (TPSA) is 89.3 Å². The number of aromatic carboxylic acids is 1. The Morgan fingerprint density at radius 3 is 2.63 bits per heavy atom. The van der Waals surface area contributed by atoms with Gasteiger partial charge in [0, 0.05) is 16.9 Å². The highest BCUT2D eigenvalue weighted by atomic mass is 79.9. The van der Waals surface area contributed by atoms with Crippen molar-refractivity contribution in [1.29, 1.82) is 0 Å². The fourth-order valence-electron chi connectivity index (χ4n) is 1.50. The summed E-state index contributed by atoms with van der Waals surface area (Å²) < 4.78 is 24.7. The quantitative estimate of drug-likeness (QED) is 0.915. The van der Waals surface area contributed by atoms with Crippen molar-refractivity contribution in [3.63, 3.8) is 0 Å². The van der Waals surface area contributed by atoms with Gasteiger partial charge in [-0.1, -0.05) is 15.9 Å². The summed E-state index contributed by atoms with van der Waals surface area (Å²) in [7, 11) is -3.38. The van der Waals surface area contributed by atoms with Crippen LogP contribution in [-0.4, -0.2) is 35.5 Å². The van der Waals surface area contributed by atoms with Crippen LogP contribution in [0.15, 0.2) is 40.0 Å². The lowest BCUT2D eigenvalue weighted by molar-refractivity contribution is 0.0696. The molecule has 0 saturated carbocycles. The minimum atomic E-state index is -3.38. The second-order valence-electron chi connectivity index (χ2n) is 3.86. The average Bonchev–Trinajstić information content (AvgIpc) is 2.77. The summed E-state index contributed by atoms with van der Waals surface area (Å²) in [5.74, 6) is -1.11. The van der Waals surface area contributed by atoms with Crippen LogP contribution in [-0.2, 0) is 9.84 Å². The fraction of sp³-hybridized carbons (Fsp3) is 0.0909. The van der Waals surface area contributed by atoms with E-state index in [0.717, 1.165) is 6.26 Å². The summed E-state index contributed by atoms with van der Waals surface area (Å²) in [4.78, 5) is 11.2. The van der Waals surface area contributed by atoms with E-state index in [4.69, 9.17) is 5.11 Å². The molecule has 0 spiro atoms. The van der Waals surface area contributed by atoms with Gasteiger partial charge >= 0.3 is 5.97 Å². The van der Waals surface area contributed by atoms with E-state index in [2.05, 4.69) is 21.0 Å². The predicted octanol–water partition coefficient (Wildman–Crippen LogP) is 1.74. The Kier molecular flexibility index (Phi) is 3.46. The van der Waals surface area contributed by atoms with E-state index in [1.807, 2.05) is 0 Å². The average molecular weight is 345 g/mol. The molecular weight excluding hydrogens is 336 g/mol. The zero-order valence-electron chi connectivity index (χ0n) is 9.74. The molecular formula is C11H9BrN2O4S. The standard InChI is InChI=1S/C11H9BrN2O4S/c1-19(17,18)8-5-13-14(6-8)10-4-7(12)2-3-9(10)11(15)16/h2-6H,1H3,(H,15,16). The summed E-state index contributed by atoms with van der Waals surface area (Å²) >= 11 is 3.24. The molecule has 0 aliphatic carbocycles. The summed E-state index contributed by atoms with van der Waals surface area (Å²) in [6.45, 7) is 0. The van der Waals surface area contributed by atoms with Crippen LogP contribution >= 0.6 is 15.9 Å². The molecule has 0 fully saturated rings. The number of sulfone groups is 1. The monoisotopic (exact) mass is 344 g/mol. The first-order valence-electron chi connectivity index (χ1n) is 5.07. The summed E-state index contributed by atoms with van der Waals surface area (Å²) in [5, 5.41) is 13.0. The number of nitrogens with zero attached hydrogens (tertiary/aromatic N) is 2. The molecule has 1 heterocycles. The maximum Gasteiger partial charge on any atom is 0.337 e. The maximum absolute atomic E-state index is 11.4. The molecule has 0 atom stereocenters. The van der Waals surface area contributed by atoms with Gasteiger partial charge in [0.15, 0.2) is 9.84 Å². The van der Waals surface area contributed by atoms with Crippen LogP contribution in [0, 0.1) is 0 Å². The van der Waals surface area contributed by atoms with E-state index in [1.54, 1.807) is 12.1 Å². The molecule has 6 nitrogen and oxygen atoms in total. The number of halogens is 1. The van der Waals surface area contributed by atoms with Gasteiger partial charge in [-0.2, -0.15) is 5.10 Å². The minimum Gasteiger partial charge on any atom is -0.478 e. The van der Waals surface area contributed by atoms with Crippen LogP contribution in [0.1, 0.15) is 10.4 Å². The lowest BCUT2D eigenvalue weighted by Crippen LogP contribution is -2.06. The van der Waals surface area contributed by atoms with Crippen molar-refractivity contribution in [2.45, 2.75) is 4.90 Å². The van der Waals surface area contributed by atoms with Gasteiger partial charge in [-0.3, -0.25) is 0 Å². The van der Waals surface area contributed by atoms with Gasteiger partial charge in [-0.15, -0.1) is 0 Å². The Balaban J connectivity index is 2.62. The number of carboxylic acids is 1. The van der Waals surface area contributed by atoms with Crippen molar-refractivity contribution in [1.82, 2.24) is 9.78 Å². The molecule has 1 N–H and O–H groups in total. The Labute approximate surface area is 117 Å². The Morgan fingerprint density at radius 1 is 1.42 bits per heavy atom. The lowest BCUT2D eigenvalue weighted by atomic mass is 10.2. The first-order chi connectivity index (χ1) is 8.79. The van der Waals surface area contributed by atoms with Gasteiger partial charge in [0.25, 0.3) is 0 Å². The van der Waals surface area contributed by atoms with Crippen LogP contribution in [0.2, 0.25) is 0 Å². The smallest absolute Gasteiger partial charge is 0.337 e. The highest BCUT2D eigenvalue weighted by Crippen LogP contribution is 2.21. The molecule has 0 radical (unpaired) electrons. The molecule has 0 saturated heterocycles. The molecule has 2 rings (SSSR count). The molecule has 1 aromatic heterocycles. The van der Waals surface area contributed by atoms with Gasteiger partial charge in [-0.05, 0) is 18.2 Å². The number of rotatable bonds is 3. The van der Waals surface area contributed by atoms with Gasteiger partial charge in [0.1, 0.15) is 4.90 Å². The van der Waals surface area contributed by atoms with Crippen molar-refractivity contribution >= 4 is 31.7 Å². The number of benzene rings is 1. The van der Waals surface area contributed by atoms with Crippen LogP contribution in [0.3, 0.4) is 0 Å². The Morgan fingerprint density at radius 2 is 2.11 bits per heavy atom. The van der Waals surface area contributed by atoms with E-state index in [1.165, 1.54) is 23.1 Å². The third-order valence-electron chi connectivity index (χ3n) is 2.42. The van der Waals surface area contributed by atoms with Crippen molar-refractivity contribution in [3.05, 3.63) is 40.6 Å². The van der Waals surface area contributed by atoms with Gasteiger partial charge in [0.2, 0.25) is 0 Å². The van der Waals surface area contributed by atoms with E-state index >= 15 is 0 Å². The first-order valence-corrected chi connectivity index (χ1v) is 7.75.